The van der Waals surface area contributed by atoms with E-state index in [4.69, 9.17) is 11.5 Å². The van der Waals surface area contributed by atoms with E-state index in [1.807, 2.05) is 0 Å². The number of carbonyl (C=O) groups excluding carboxylic acids is 1. The maximum atomic E-state index is 12.2. The van der Waals surface area contributed by atoms with E-state index in [2.05, 4.69) is 4.72 Å². The molecule has 2 rings (SSSR count). The molecule has 0 aliphatic heterocycles. The van der Waals surface area contributed by atoms with Gasteiger partial charge in [-0.3, -0.25) is 9.52 Å². The summed E-state index contributed by atoms with van der Waals surface area (Å²) >= 11 is 0. The van der Waals surface area contributed by atoms with Gasteiger partial charge in [0.05, 0.1) is 4.90 Å². The number of benzene rings is 2. The van der Waals surface area contributed by atoms with E-state index >= 15 is 0 Å². The van der Waals surface area contributed by atoms with Crippen LogP contribution in [0.5, 0.6) is 0 Å². The molecule has 1 amide bonds. The van der Waals surface area contributed by atoms with Gasteiger partial charge in [-0.25, -0.2) is 8.42 Å². The van der Waals surface area contributed by atoms with Crippen molar-refractivity contribution in [3.8, 4) is 0 Å². The summed E-state index contributed by atoms with van der Waals surface area (Å²) in [5.74, 6) is -0.609. The smallest absolute Gasteiger partial charge is 0.261 e. The highest BCUT2D eigenvalue weighted by Crippen LogP contribution is 2.17. The third-order valence-corrected chi connectivity index (χ3v) is 4.26. The van der Waals surface area contributed by atoms with E-state index in [1.54, 1.807) is 24.3 Å². The summed E-state index contributed by atoms with van der Waals surface area (Å²) in [5, 5.41) is 0. The second-order valence-corrected chi connectivity index (χ2v) is 6.08. The van der Waals surface area contributed by atoms with Crippen LogP contribution < -0.4 is 16.2 Å². The lowest BCUT2D eigenvalue weighted by Crippen LogP contribution is -2.14. The molecule has 0 atom stereocenters. The van der Waals surface area contributed by atoms with Gasteiger partial charge >= 0.3 is 0 Å². The van der Waals surface area contributed by atoms with Crippen LogP contribution in [0.15, 0.2) is 53.4 Å². The fourth-order valence-corrected chi connectivity index (χ4v) is 2.82. The molecule has 0 spiro atoms. The van der Waals surface area contributed by atoms with Gasteiger partial charge in [-0.15, -0.1) is 0 Å². The summed E-state index contributed by atoms with van der Waals surface area (Å²) in [7, 11) is -3.72. The van der Waals surface area contributed by atoms with Crippen LogP contribution in [0.25, 0.3) is 0 Å². The number of anilines is 1. The van der Waals surface area contributed by atoms with Crippen molar-refractivity contribution >= 4 is 21.6 Å². The van der Waals surface area contributed by atoms with Crippen LogP contribution in [0.4, 0.5) is 5.69 Å². The lowest BCUT2D eigenvalue weighted by molar-refractivity contribution is 0.1000. The van der Waals surface area contributed by atoms with Gasteiger partial charge in [0.25, 0.3) is 10.0 Å². The number of nitrogens with two attached hydrogens (primary N) is 2. The number of sulfonamides is 1. The fraction of sp³-hybridized carbons (Fsp3) is 0.0714. The minimum absolute atomic E-state index is 0.0469. The Morgan fingerprint density at radius 1 is 1.10 bits per heavy atom. The molecule has 0 radical (unpaired) electrons. The Kier molecular flexibility index (Phi) is 4.25. The van der Waals surface area contributed by atoms with Crippen molar-refractivity contribution in [3.05, 3.63) is 59.7 Å². The standard InChI is InChI=1S/C14H15N3O3S/c15-9-10-2-1-3-12(8-10)17-21(19,20)13-6-4-11(5-7-13)14(16)18/h1-8,17H,9,15H2,(H2,16,18). The van der Waals surface area contributed by atoms with Crippen molar-refractivity contribution in [2.24, 2.45) is 11.5 Å². The zero-order chi connectivity index (χ0) is 15.5. The zero-order valence-corrected chi connectivity index (χ0v) is 11.9. The first-order valence-electron chi connectivity index (χ1n) is 6.14. The second kappa shape index (κ2) is 5.94. The Hall–Kier alpha value is -2.38. The van der Waals surface area contributed by atoms with Crippen LogP contribution in [-0.2, 0) is 16.6 Å². The van der Waals surface area contributed by atoms with Gasteiger partial charge in [0.15, 0.2) is 0 Å². The third-order valence-electron chi connectivity index (χ3n) is 2.86. The Balaban J connectivity index is 2.27. The van der Waals surface area contributed by atoms with Crippen molar-refractivity contribution in [1.82, 2.24) is 0 Å². The normalized spacial score (nSPS) is 11.1. The number of carbonyl (C=O) groups is 1. The van der Waals surface area contributed by atoms with Crippen molar-refractivity contribution in [3.63, 3.8) is 0 Å². The van der Waals surface area contributed by atoms with E-state index in [9.17, 15) is 13.2 Å². The van der Waals surface area contributed by atoms with Crippen molar-refractivity contribution in [2.75, 3.05) is 4.72 Å². The van der Waals surface area contributed by atoms with Crippen LogP contribution >= 0.6 is 0 Å². The first-order valence-corrected chi connectivity index (χ1v) is 7.62. The Labute approximate surface area is 122 Å². The minimum Gasteiger partial charge on any atom is -0.366 e. The quantitative estimate of drug-likeness (QED) is 0.765. The van der Waals surface area contributed by atoms with E-state index in [0.29, 0.717) is 12.2 Å². The second-order valence-electron chi connectivity index (χ2n) is 4.40. The molecule has 0 heterocycles. The Bertz CT molecular complexity index is 755. The number of hydrogen-bond donors (Lipinski definition) is 3. The maximum absolute atomic E-state index is 12.2. The number of primary amides is 1. The first-order chi connectivity index (χ1) is 9.92. The summed E-state index contributed by atoms with van der Waals surface area (Å²) in [6.07, 6.45) is 0. The molecular formula is C14H15N3O3S. The predicted molar refractivity (Wildman–Crippen MR) is 80.1 cm³/mol. The van der Waals surface area contributed by atoms with Crippen LogP contribution in [0, 0.1) is 0 Å². The SMILES string of the molecule is NCc1cccc(NS(=O)(=O)c2ccc(C(N)=O)cc2)c1. The summed E-state index contributed by atoms with van der Waals surface area (Å²) in [6.45, 7) is 0.322. The number of rotatable bonds is 5. The third kappa shape index (κ3) is 3.59. The lowest BCUT2D eigenvalue weighted by Gasteiger charge is -2.09. The molecule has 6 nitrogen and oxygen atoms in total. The van der Waals surface area contributed by atoms with Gasteiger partial charge in [-0.05, 0) is 42.0 Å². The molecule has 0 aliphatic carbocycles. The molecule has 0 aromatic heterocycles. The van der Waals surface area contributed by atoms with E-state index < -0.39 is 15.9 Å². The Morgan fingerprint density at radius 2 is 1.76 bits per heavy atom. The van der Waals surface area contributed by atoms with Gasteiger partial charge in [-0.1, -0.05) is 12.1 Å². The van der Waals surface area contributed by atoms with Gasteiger partial charge in [0.2, 0.25) is 5.91 Å². The van der Waals surface area contributed by atoms with Crippen LogP contribution in [0.3, 0.4) is 0 Å². The minimum atomic E-state index is -3.72. The molecule has 2 aromatic rings. The van der Waals surface area contributed by atoms with Crippen molar-refractivity contribution in [1.29, 1.82) is 0 Å². The van der Waals surface area contributed by atoms with E-state index in [1.165, 1.54) is 24.3 Å². The zero-order valence-electron chi connectivity index (χ0n) is 11.1. The summed E-state index contributed by atoms with van der Waals surface area (Å²) in [5.41, 5.74) is 12.1. The number of hydrogen-bond acceptors (Lipinski definition) is 4. The maximum Gasteiger partial charge on any atom is 0.261 e. The van der Waals surface area contributed by atoms with Gasteiger partial charge in [0, 0.05) is 17.8 Å². The first kappa shape index (κ1) is 15.0. The molecule has 2 aromatic carbocycles. The summed E-state index contributed by atoms with van der Waals surface area (Å²) in [4.78, 5) is 11.0. The molecular weight excluding hydrogens is 290 g/mol. The van der Waals surface area contributed by atoms with Gasteiger partial charge in [0.1, 0.15) is 0 Å². The average Bonchev–Trinajstić information content (AvgIpc) is 2.47. The molecule has 110 valence electrons. The van der Waals surface area contributed by atoms with E-state index in [-0.39, 0.29) is 10.5 Å². The Morgan fingerprint density at radius 3 is 2.33 bits per heavy atom. The van der Waals surface area contributed by atoms with Crippen molar-refractivity contribution < 1.29 is 13.2 Å². The molecule has 0 fully saturated rings. The van der Waals surface area contributed by atoms with Crippen LogP contribution in [-0.4, -0.2) is 14.3 Å². The monoisotopic (exact) mass is 305 g/mol. The highest BCUT2D eigenvalue weighted by atomic mass is 32.2. The molecule has 7 heteroatoms. The fourth-order valence-electron chi connectivity index (χ4n) is 1.77. The molecule has 0 saturated carbocycles. The van der Waals surface area contributed by atoms with Crippen molar-refractivity contribution in [2.45, 2.75) is 11.4 Å². The molecule has 0 bridgehead atoms. The van der Waals surface area contributed by atoms with Crippen LogP contribution in [0.2, 0.25) is 0 Å². The molecule has 5 N–H and O–H groups in total. The topological polar surface area (TPSA) is 115 Å². The average molecular weight is 305 g/mol. The summed E-state index contributed by atoms with van der Waals surface area (Å²) < 4.78 is 26.9. The molecule has 0 unspecified atom stereocenters. The predicted octanol–water partition coefficient (Wildman–Crippen LogP) is 1.05. The number of nitrogens with one attached hydrogen (secondary N) is 1. The van der Waals surface area contributed by atoms with Gasteiger partial charge in [-0.2, -0.15) is 0 Å². The largest absolute Gasteiger partial charge is 0.366 e. The summed E-state index contributed by atoms with van der Waals surface area (Å²) in [6, 6.07) is 12.2. The highest BCUT2D eigenvalue weighted by Gasteiger charge is 2.14. The lowest BCUT2D eigenvalue weighted by atomic mass is 10.2. The van der Waals surface area contributed by atoms with Gasteiger partial charge < -0.3 is 11.5 Å². The highest BCUT2D eigenvalue weighted by molar-refractivity contribution is 7.92. The molecule has 0 saturated heterocycles. The molecule has 21 heavy (non-hydrogen) atoms. The number of amides is 1. The molecule has 0 aliphatic rings. The van der Waals surface area contributed by atoms with E-state index in [0.717, 1.165) is 5.56 Å². The van der Waals surface area contributed by atoms with Crippen LogP contribution in [0.1, 0.15) is 15.9 Å².